The largest absolute Gasteiger partial charge is 0.390 e. The van der Waals surface area contributed by atoms with E-state index < -0.39 is 11.7 Å². The predicted octanol–water partition coefficient (Wildman–Crippen LogP) is 2.99. The van der Waals surface area contributed by atoms with Gasteiger partial charge in [-0.05, 0) is 31.7 Å². The molecule has 21 heavy (non-hydrogen) atoms. The highest BCUT2D eigenvalue weighted by molar-refractivity contribution is 5.05. The maximum absolute atomic E-state index is 10.7. The second-order valence-electron chi connectivity index (χ2n) is 6.96. The molecule has 1 aromatic heterocycles. The van der Waals surface area contributed by atoms with Crippen molar-refractivity contribution in [2.24, 2.45) is 0 Å². The van der Waals surface area contributed by atoms with Crippen molar-refractivity contribution in [3.8, 4) is 0 Å². The van der Waals surface area contributed by atoms with Crippen LogP contribution in [-0.4, -0.2) is 31.7 Å². The van der Waals surface area contributed by atoms with E-state index in [1.807, 2.05) is 12.3 Å². The summed E-state index contributed by atoms with van der Waals surface area (Å²) in [4.78, 5) is 0. The van der Waals surface area contributed by atoms with E-state index in [-0.39, 0.29) is 0 Å². The zero-order chi connectivity index (χ0) is 14.7. The standard InChI is InChI=1S/C17H28N2O2/c20-16(17(21)10-5-1-2-6-11-17)13-14-9-12-19(18-14)15-7-3-4-8-15/h9,12,15-16,20-21H,1-8,10-11,13H2. The maximum atomic E-state index is 10.7. The normalized spacial score (nSPS) is 24.9. The number of nitrogens with zero attached hydrogens (tertiary/aromatic N) is 2. The Kier molecular flexibility index (Phi) is 4.65. The van der Waals surface area contributed by atoms with Crippen molar-refractivity contribution in [2.45, 2.75) is 88.4 Å². The second kappa shape index (κ2) is 6.49. The molecule has 0 aliphatic heterocycles. The van der Waals surface area contributed by atoms with E-state index in [4.69, 9.17) is 0 Å². The molecule has 118 valence electrons. The molecule has 0 radical (unpaired) electrons. The molecule has 2 fully saturated rings. The summed E-state index contributed by atoms with van der Waals surface area (Å²) in [7, 11) is 0. The third kappa shape index (κ3) is 3.49. The molecule has 2 aliphatic rings. The van der Waals surface area contributed by atoms with E-state index in [1.54, 1.807) is 0 Å². The van der Waals surface area contributed by atoms with Crippen molar-refractivity contribution in [2.75, 3.05) is 0 Å². The number of aliphatic hydroxyl groups excluding tert-OH is 1. The van der Waals surface area contributed by atoms with Crippen molar-refractivity contribution < 1.29 is 10.2 Å². The van der Waals surface area contributed by atoms with E-state index in [0.717, 1.165) is 31.4 Å². The van der Waals surface area contributed by atoms with Gasteiger partial charge in [-0.1, -0.05) is 38.5 Å². The van der Waals surface area contributed by atoms with Gasteiger partial charge in [-0.15, -0.1) is 0 Å². The number of rotatable bonds is 4. The SMILES string of the molecule is OC(Cc1ccn(C2CCCC2)n1)C1(O)CCCCCC1. The summed E-state index contributed by atoms with van der Waals surface area (Å²) in [6.45, 7) is 0. The van der Waals surface area contributed by atoms with Gasteiger partial charge in [0.05, 0.1) is 23.4 Å². The quantitative estimate of drug-likeness (QED) is 0.839. The monoisotopic (exact) mass is 292 g/mol. The molecular formula is C17H28N2O2. The fourth-order valence-electron chi connectivity index (χ4n) is 3.92. The van der Waals surface area contributed by atoms with Gasteiger partial charge in [0.25, 0.3) is 0 Å². The Hall–Kier alpha value is -0.870. The fourth-order valence-corrected chi connectivity index (χ4v) is 3.92. The molecule has 0 amide bonds. The Morgan fingerprint density at radius 1 is 1.14 bits per heavy atom. The number of aliphatic hydroxyl groups is 2. The Balaban J connectivity index is 1.62. The van der Waals surface area contributed by atoms with Crippen molar-refractivity contribution in [1.82, 2.24) is 9.78 Å². The van der Waals surface area contributed by atoms with Crippen LogP contribution in [0, 0.1) is 0 Å². The molecule has 0 spiro atoms. The Morgan fingerprint density at radius 2 is 1.81 bits per heavy atom. The van der Waals surface area contributed by atoms with Gasteiger partial charge in [-0.2, -0.15) is 5.10 Å². The van der Waals surface area contributed by atoms with Crippen LogP contribution >= 0.6 is 0 Å². The first-order valence-corrected chi connectivity index (χ1v) is 8.62. The zero-order valence-corrected chi connectivity index (χ0v) is 12.9. The van der Waals surface area contributed by atoms with E-state index in [2.05, 4.69) is 9.78 Å². The lowest BCUT2D eigenvalue weighted by atomic mass is 9.86. The molecule has 1 heterocycles. The maximum Gasteiger partial charge on any atom is 0.0909 e. The van der Waals surface area contributed by atoms with Crippen molar-refractivity contribution in [3.63, 3.8) is 0 Å². The van der Waals surface area contributed by atoms with Gasteiger partial charge in [-0.3, -0.25) is 4.68 Å². The highest BCUT2D eigenvalue weighted by atomic mass is 16.3. The summed E-state index contributed by atoms with van der Waals surface area (Å²) < 4.78 is 2.06. The third-order valence-electron chi connectivity index (χ3n) is 5.35. The molecular weight excluding hydrogens is 264 g/mol. The summed E-state index contributed by atoms with van der Waals surface area (Å²) in [6, 6.07) is 2.54. The highest BCUT2D eigenvalue weighted by Gasteiger charge is 2.36. The van der Waals surface area contributed by atoms with Crippen LogP contribution in [0.3, 0.4) is 0 Å². The van der Waals surface area contributed by atoms with E-state index in [9.17, 15) is 10.2 Å². The van der Waals surface area contributed by atoms with Crippen LogP contribution in [0.4, 0.5) is 0 Å². The minimum absolute atomic E-state index is 0.468. The van der Waals surface area contributed by atoms with E-state index >= 15 is 0 Å². The number of hydrogen-bond acceptors (Lipinski definition) is 3. The average Bonchev–Trinajstić information content (AvgIpc) is 3.09. The minimum atomic E-state index is -0.909. The van der Waals surface area contributed by atoms with E-state index in [0.29, 0.717) is 12.5 Å². The lowest BCUT2D eigenvalue weighted by Crippen LogP contribution is -2.43. The topological polar surface area (TPSA) is 58.3 Å². The van der Waals surface area contributed by atoms with Crippen molar-refractivity contribution >= 4 is 0 Å². The second-order valence-corrected chi connectivity index (χ2v) is 6.96. The van der Waals surface area contributed by atoms with Gasteiger partial charge in [0, 0.05) is 12.6 Å². The van der Waals surface area contributed by atoms with Crippen LogP contribution in [0.1, 0.15) is 75.9 Å². The average molecular weight is 292 g/mol. The predicted molar refractivity (Wildman–Crippen MR) is 82.1 cm³/mol. The zero-order valence-electron chi connectivity index (χ0n) is 12.9. The van der Waals surface area contributed by atoms with Gasteiger partial charge in [0.15, 0.2) is 0 Å². The molecule has 2 saturated carbocycles. The van der Waals surface area contributed by atoms with Gasteiger partial charge in [-0.25, -0.2) is 0 Å². The van der Waals surface area contributed by atoms with Crippen molar-refractivity contribution in [3.05, 3.63) is 18.0 Å². The minimum Gasteiger partial charge on any atom is -0.390 e. The summed E-state index contributed by atoms with van der Waals surface area (Å²) in [5, 5.41) is 25.8. The summed E-state index contributed by atoms with van der Waals surface area (Å²) in [5.41, 5.74) is 0.000237. The number of aromatic nitrogens is 2. The Bertz CT molecular complexity index is 443. The third-order valence-corrected chi connectivity index (χ3v) is 5.35. The van der Waals surface area contributed by atoms with Crippen LogP contribution in [0.25, 0.3) is 0 Å². The Morgan fingerprint density at radius 3 is 2.48 bits per heavy atom. The van der Waals surface area contributed by atoms with Crippen LogP contribution in [0.5, 0.6) is 0 Å². The molecule has 1 aromatic rings. The molecule has 2 aliphatic carbocycles. The van der Waals surface area contributed by atoms with Crippen LogP contribution in [-0.2, 0) is 6.42 Å². The molecule has 4 nitrogen and oxygen atoms in total. The first-order valence-electron chi connectivity index (χ1n) is 8.62. The lowest BCUT2D eigenvalue weighted by Gasteiger charge is -2.31. The molecule has 4 heteroatoms. The van der Waals surface area contributed by atoms with Crippen LogP contribution in [0.15, 0.2) is 12.3 Å². The fraction of sp³-hybridized carbons (Fsp3) is 0.824. The Labute approximate surface area is 127 Å². The molecule has 0 saturated heterocycles. The van der Waals surface area contributed by atoms with Gasteiger partial charge in [0.2, 0.25) is 0 Å². The first kappa shape index (κ1) is 15.0. The summed E-state index contributed by atoms with van der Waals surface area (Å²) >= 11 is 0. The van der Waals surface area contributed by atoms with Crippen molar-refractivity contribution in [1.29, 1.82) is 0 Å². The van der Waals surface area contributed by atoms with E-state index in [1.165, 1.54) is 38.5 Å². The molecule has 0 aromatic carbocycles. The molecule has 1 atom stereocenters. The van der Waals surface area contributed by atoms with Crippen LogP contribution < -0.4 is 0 Å². The molecule has 1 unspecified atom stereocenters. The summed E-state index contributed by atoms with van der Waals surface area (Å²) in [6.07, 6.45) is 12.7. The van der Waals surface area contributed by atoms with Gasteiger partial charge >= 0.3 is 0 Å². The number of hydrogen-bond donors (Lipinski definition) is 2. The van der Waals surface area contributed by atoms with Crippen LogP contribution in [0.2, 0.25) is 0 Å². The molecule has 0 bridgehead atoms. The first-order chi connectivity index (χ1) is 10.2. The van der Waals surface area contributed by atoms with Gasteiger partial charge < -0.3 is 10.2 Å². The van der Waals surface area contributed by atoms with Gasteiger partial charge in [0.1, 0.15) is 0 Å². The highest BCUT2D eigenvalue weighted by Crippen LogP contribution is 2.32. The smallest absolute Gasteiger partial charge is 0.0909 e. The molecule has 3 rings (SSSR count). The molecule has 2 N–H and O–H groups in total. The lowest BCUT2D eigenvalue weighted by molar-refractivity contribution is -0.0840. The summed E-state index contributed by atoms with van der Waals surface area (Å²) in [5.74, 6) is 0.